The minimum Gasteiger partial charge on any atom is -0.423 e. The van der Waals surface area contributed by atoms with Gasteiger partial charge in [0.05, 0.1) is 12.2 Å². The molecule has 0 aromatic heterocycles. The van der Waals surface area contributed by atoms with Gasteiger partial charge in [-0.1, -0.05) is 24.3 Å². The largest absolute Gasteiger partial charge is 0.423 e. The number of aryl methyl sites for hydroxylation is 3. The minimum atomic E-state index is -0.354. The number of para-hydroxylation sites is 1. The standard InChI is InChI=1S/C19H20N2O3/c1-12-7-8-15-16(9-12)24-18(23)11-21(15)10-17(22)20-19-13(2)5-4-6-14(19)3/h4-9H,10-11H2,1-3H3,(H,20,22). The van der Waals surface area contributed by atoms with Crippen molar-refractivity contribution in [1.82, 2.24) is 0 Å². The molecule has 0 saturated carbocycles. The van der Waals surface area contributed by atoms with Crippen LogP contribution in [0.3, 0.4) is 0 Å². The smallest absolute Gasteiger partial charge is 0.331 e. The topological polar surface area (TPSA) is 58.6 Å². The first-order valence-corrected chi connectivity index (χ1v) is 7.86. The Morgan fingerprint density at radius 3 is 2.58 bits per heavy atom. The fourth-order valence-electron chi connectivity index (χ4n) is 2.87. The first-order valence-electron chi connectivity index (χ1n) is 7.86. The van der Waals surface area contributed by atoms with E-state index in [1.165, 1.54) is 0 Å². The van der Waals surface area contributed by atoms with Gasteiger partial charge in [-0.05, 0) is 49.6 Å². The molecular formula is C19H20N2O3. The highest BCUT2D eigenvalue weighted by Crippen LogP contribution is 2.32. The second kappa shape index (κ2) is 6.35. The van der Waals surface area contributed by atoms with Gasteiger partial charge in [-0.3, -0.25) is 4.79 Å². The van der Waals surface area contributed by atoms with Gasteiger partial charge >= 0.3 is 5.97 Å². The van der Waals surface area contributed by atoms with Crippen LogP contribution >= 0.6 is 0 Å². The van der Waals surface area contributed by atoms with Gasteiger partial charge in [0.2, 0.25) is 5.91 Å². The molecule has 24 heavy (non-hydrogen) atoms. The molecule has 0 unspecified atom stereocenters. The van der Waals surface area contributed by atoms with Crippen LogP contribution in [0.2, 0.25) is 0 Å². The van der Waals surface area contributed by atoms with E-state index in [0.29, 0.717) is 5.75 Å². The first-order chi connectivity index (χ1) is 11.4. The monoisotopic (exact) mass is 324 g/mol. The first kappa shape index (κ1) is 16.1. The molecule has 0 bridgehead atoms. The third kappa shape index (κ3) is 3.25. The number of fused-ring (bicyclic) bond motifs is 1. The van der Waals surface area contributed by atoms with E-state index in [9.17, 15) is 9.59 Å². The van der Waals surface area contributed by atoms with E-state index >= 15 is 0 Å². The summed E-state index contributed by atoms with van der Waals surface area (Å²) in [6.45, 7) is 6.01. The van der Waals surface area contributed by atoms with Crippen LogP contribution in [0.15, 0.2) is 36.4 Å². The number of carbonyl (C=O) groups excluding carboxylic acids is 2. The highest BCUT2D eigenvalue weighted by Gasteiger charge is 2.25. The summed E-state index contributed by atoms with van der Waals surface area (Å²) in [5.41, 5.74) is 4.61. The van der Waals surface area contributed by atoms with Gasteiger partial charge in [0.1, 0.15) is 6.54 Å². The molecule has 2 aromatic carbocycles. The fourth-order valence-corrected chi connectivity index (χ4v) is 2.87. The highest BCUT2D eigenvalue weighted by atomic mass is 16.5. The van der Waals surface area contributed by atoms with Gasteiger partial charge in [-0.25, -0.2) is 4.79 Å². The predicted molar refractivity (Wildman–Crippen MR) is 93.6 cm³/mol. The minimum absolute atomic E-state index is 0.0657. The lowest BCUT2D eigenvalue weighted by molar-refractivity contribution is -0.133. The van der Waals surface area contributed by atoms with Crippen LogP contribution < -0.4 is 15.0 Å². The third-order valence-corrected chi connectivity index (χ3v) is 4.08. The summed E-state index contributed by atoms with van der Waals surface area (Å²) in [5, 5.41) is 2.95. The van der Waals surface area contributed by atoms with Crippen molar-refractivity contribution in [3.05, 3.63) is 53.1 Å². The van der Waals surface area contributed by atoms with Gasteiger partial charge < -0.3 is 15.0 Å². The van der Waals surface area contributed by atoms with Crippen LogP contribution in [0.1, 0.15) is 16.7 Å². The maximum Gasteiger partial charge on any atom is 0.331 e. The highest BCUT2D eigenvalue weighted by molar-refractivity contribution is 5.97. The number of ether oxygens (including phenoxy) is 1. The lowest BCUT2D eigenvalue weighted by Crippen LogP contribution is -2.41. The molecule has 5 heteroatoms. The van der Waals surface area contributed by atoms with Gasteiger partial charge in [-0.15, -0.1) is 0 Å². The Bertz CT molecular complexity index is 794. The van der Waals surface area contributed by atoms with Crippen molar-refractivity contribution in [2.75, 3.05) is 23.3 Å². The average Bonchev–Trinajstić information content (AvgIpc) is 2.50. The number of hydrogen-bond donors (Lipinski definition) is 1. The van der Waals surface area contributed by atoms with Crippen molar-refractivity contribution < 1.29 is 14.3 Å². The van der Waals surface area contributed by atoms with E-state index in [-0.39, 0.29) is 25.0 Å². The molecule has 0 aliphatic carbocycles. The molecular weight excluding hydrogens is 304 g/mol. The number of carbonyl (C=O) groups is 2. The Hall–Kier alpha value is -2.82. The van der Waals surface area contributed by atoms with E-state index in [1.54, 1.807) is 4.90 Å². The molecule has 3 rings (SSSR count). The van der Waals surface area contributed by atoms with Crippen LogP contribution in [0.25, 0.3) is 0 Å². The Kier molecular flexibility index (Phi) is 4.25. The van der Waals surface area contributed by atoms with E-state index in [0.717, 1.165) is 28.1 Å². The summed E-state index contributed by atoms with van der Waals surface area (Å²) in [5.74, 6) is -0.00674. The van der Waals surface area contributed by atoms with E-state index in [4.69, 9.17) is 4.74 Å². The molecule has 1 heterocycles. The van der Waals surface area contributed by atoms with Crippen LogP contribution in [-0.2, 0) is 9.59 Å². The van der Waals surface area contributed by atoms with Crippen LogP contribution in [0, 0.1) is 20.8 Å². The van der Waals surface area contributed by atoms with E-state index in [2.05, 4.69) is 5.32 Å². The molecule has 1 N–H and O–H groups in total. The molecule has 2 aromatic rings. The molecule has 1 aliphatic rings. The molecule has 0 fully saturated rings. The summed E-state index contributed by atoms with van der Waals surface area (Å²) < 4.78 is 5.27. The lowest BCUT2D eigenvalue weighted by Gasteiger charge is -2.29. The Balaban J connectivity index is 1.79. The van der Waals surface area contributed by atoms with Crippen molar-refractivity contribution in [1.29, 1.82) is 0 Å². The normalized spacial score (nSPS) is 13.3. The number of esters is 1. The average molecular weight is 324 g/mol. The van der Waals surface area contributed by atoms with Crippen molar-refractivity contribution >= 4 is 23.3 Å². The lowest BCUT2D eigenvalue weighted by atomic mass is 10.1. The summed E-state index contributed by atoms with van der Waals surface area (Å²) in [4.78, 5) is 26.0. The van der Waals surface area contributed by atoms with Crippen LogP contribution in [0.4, 0.5) is 11.4 Å². The predicted octanol–water partition coefficient (Wildman–Crippen LogP) is 2.98. The zero-order valence-corrected chi connectivity index (χ0v) is 14.1. The maximum atomic E-state index is 12.5. The second-order valence-electron chi connectivity index (χ2n) is 6.12. The summed E-state index contributed by atoms with van der Waals surface area (Å²) >= 11 is 0. The molecule has 0 radical (unpaired) electrons. The van der Waals surface area contributed by atoms with Crippen LogP contribution in [-0.4, -0.2) is 25.0 Å². The van der Waals surface area contributed by atoms with Crippen molar-refractivity contribution in [3.8, 4) is 5.75 Å². The van der Waals surface area contributed by atoms with Crippen molar-refractivity contribution in [2.45, 2.75) is 20.8 Å². The van der Waals surface area contributed by atoms with Crippen molar-refractivity contribution in [2.24, 2.45) is 0 Å². The van der Waals surface area contributed by atoms with Gasteiger partial charge in [-0.2, -0.15) is 0 Å². The molecule has 1 aliphatic heterocycles. The zero-order valence-electron chi connectivity index (χ0n) is 14.1. The maximum absolute atomic E-state index is 12.5. The number of nitrogens with one attached hydrogen (secondary N) is 1. The molecule has 0 atom stereocenters. The quantitative estimate of drug-likeness (QED) is 0.696. The number of amides is 1. The Morgan fingerprint density at radius 2 is 1.88 bits per heavy atom. The molecule has 124 valence electrons. The molecule has 1 amide bonds. The number of nitrogens with zero attached hydrogens (tertiary/aromatic N) is 1. The number of rotatable bonds is 3. The number of hydrogen-bond acceptors (Lipinski definition) is 4. The Morgan fingerprint density at radius 1 is 1.17 bits per heavy atom. The second-order valence-corrected chi connectivity index (χ2v) is 6.12. The van der Waals surface area contributed by atoms with Gasteiger partial charge in [0.15, 0.2) is 5.75 Å². The Labute approximate surface area is 141 Å². The van der Waals surface area contributed by atoms with E-state index < -0.39 is 0 Å². The zero-order chi connectivity index (χ0) is 17.3. The summed E-state index contributed by atoms with van der Waals surface area (Å²) in [6.07, 6.45) is 0. The number of anilines is 2. The van der Waals surface area contributed by atoms with Gasteiger partial charge in [0.25, 0.3) is 0 Å². The molecule has 5 nitrogen and oxygen atoms in total. The van der Waals surface area contributed by atoms with Crippen LogP contribution in [0.5, 0.6) is 5.75 Å². The SMILES string of the molecule is Cc1ccc2c(c1)OC(=O)CN2CC(=O)Nc1c(C)cccc1C. The molecule has 0 spiro atoms. The summed E-state index contributed by atoms with van der Waals surface area (Å²) in [6, 6.07) is 11.5. The van der Waals surface area contributed by atoms with Gasteiger partial charge in [0, 0.05) is 5.69 Å². The molecule has 0 saturated heterocycles. The third-order valence-electron chi connectivity index (χ3n) is 4.08. The fraction of sp³-hybridized carbons (Fsp3) is 0.263. The number of benzene rings is 2. The van der Waals surface area contributed by atoms with E-state index in [1.807, 2.05) is 57.2 Å². The van der Waals surface area contributed by atoms with Crippen molar-refractivity contribution in [3.63, 3.8) is 0 Å². The summed E-state index contributed by atoms with van der Waals surface area (Å²) in [7, 11) is 0.